The van der Waals surface area contributed by atoms with Crippen LogP contribution in [0.25, 0.3) is 11.1 Å². The minimum Gasteiger partial charge on any atom is -0.250 e. The smallest absolute Gasteiger partial charge is 0.101 e. The summed E-state index contributed by atoms with van der Waals surface area (Å²) in [5, 5.41) is 0.779. The fourth-order valence-corrected chi connectivity index (χ4v) is 1.74. The van der Waals surface area contributed by atoms with Crippen LogP contribution in [-0.2, 0) is 0 Å². The lowest BCUT2D eigenvalue weighted by molar-refractivity contribution is 1.14. The van der Waals surface area contributed by atoms with E-state index in [4.69, 9.17) is 0 Å². The van der Waals surface area contributed by atoms with Gasteiger partial charge in [0.25, 0.3) is 0 Å². The van der Waals surface area contributed by atoms with Crippen molar-refractivity contribution in [3.05, 3.63) is 48.2 Å². The number of pyridine rings is 1. The van der Waals surface area contributed by atoms with Gasteiger partial charge in [0, 0.05) is 11.8 Å². The molecule has 2 heteroatoms. The first-order chi connectivity index (χ1) is 6.79. The SMILES string of the molecule is Cc1ccccc1-c1cccnc1S. The minimum atomic E-state index is 0.779. The summed E-state index contributed by atoms with van der Waals surface area (Å²) < 4.78 is 0. The van der Waals surface area contributed by atoms with Crippen LogP contribution < -0.4 is 0 Å². The number of nitrogens with zero attached hydrogens (tertiary/aromatic N) is 1. The number of hydrogen-bond acceptors (Lipinski definition) is 2. The summed E-state index contributed by atoms with van der Waals surface area (Å²) in [5.41, 5.74) is 3.54. The Labute approximate surface area is 89.2 Å². The second kappa shape index (κ2) is 3.84. The molecule has 0 aliphatic carbocycles. The average Bonchev–Trinajstić information content (AvgIpc) is 2.20. The summed E-state index contributed by atoms with van der Waals surface area (Å²) in [5.74, 6) is 0. The van der Waals surface area contributed by atoms with E-state index < -0.39 is 0 Å². The number of hydrogen-bond donors (Lipinski definition) is 1. The molecule has 1 nitrogen and oxygen atoms in total. The summed E-state index contributed by atoms with van der Waals surface area (Å²) in [6.45, 7) is 2.09. The van der Waals surface area contributed by atoms with Gasteiger partial charge in [-0.2, -0.15) is 0 Å². The lowest BCUT2D eigenvalue weighted by Gasteiger charge is -2.06. The molecule has 70 valence electrons. The largest absolute Gasteiger partial charge is 0.250 e. The third kappa shape index (κ3) is 1.66. The molecule has 0 bridgehead atoms. The molecule has 0 atom stereocenters. The van der Waals surface area contributed by atoms with Gasteiger partial charge in [-0.15, -0.1) is 12.6 Å². The van der Waals surface area contributed by atoms with Gasteiger partial charge in [0.2, 0.25) is 0 Å². The van der Waals surface area contributed by atoms with Crippen LogP contribution in [0.1, 0.15) is 5.56 Å². The zero-order valence-electron chi connectivity index (χ0n) is 7.94. The van der Waals surface area contributed by atoms with Crippen LogP contribution in [0.3, 0.4) is 0 Å². The van der Waals surface area contributed by atoms with Crippen LogP contribution in [0.15, 0.2) is 47.6 Å². The van der Waals surface area contributed by atoms with Crippen LogP contribution >= 0.6 is 12.6 Å². The Hall–Kier alpha value is -1.28. The lowest BCUT2D eigenvalue weighted by Crippen LogP contribution is -1.86. The molecule has 0 amide bonds. The Bertz CT molecular complexity index is 408. The molecule has 0 fully saturated rings. The van der Waals surface area contributed by atoms with Crippen LogP contribution in [0.5, 0.6) is 0 Å². The minimum absolute atomic E-state index is 0.779. The first-order valence-electron chi connectivity index (χ1n) is 4.49. The fourth-order valence-electron chi connectivity index (χ4n) is 1.48. The topological polar surface area (TPSA) is 12.9 Å². The van der Waals surface area contributed by atoms with E-state index >= 15 is 0 Å². The highest BCUT2D eigenvalue weighted by molar-refractivity contribution is 7.80. The van der Waals surface area contributed by atoms with Gasteiger partial charge >= 0.3 is 0 Å². The maximum atomic E-state index is 4.35. The summed E-state index contributed by atoms with van der Waals surface area (Å²) in [4.78, 5) is 4.16. The van der Waals surface area contributed by atoms with Crippen molar-refractivity contribution in [2.75, 3.05) is 0 Å². The first kappa shape index (κ1) is 9.28. The molecule has 1 heterocycles. The van der Waals surface area contributed by atoms with E-state index in [0.717, 1.165) is 10.6 Å². The average molecular weight is 201 g/mol. The maximum absolute atomic E-state index is 4.35. The number of rotatable bonds is 1. The first-order valence-corrected chi connectivity index (χ1v) is 4.94. The molecule has 0 saturated heterocycles. The second-order valence-electron chi connectivity index (χ2n) is 3.19. The Kier molecular flexibility index (Phi) is 2.55. The molecule has 0 unspecified atom stereocenters. The summed E-state index contributed by atoms with van der Waals surface area (Å²) in [7, 11) is 0. The molecule has 0 N–H and O–H groups in total. The van der Waals surface area contributed by atoms with Crippen molar-refractivity contribution in [3.63, 3.8) is 0 Å². The molecule has 2 rings (SSSR count). The highest BCUT2D eigenvalue weighted by Crippen LogP contribution is 2.26. The van der Waals surface area contributed by atoms with Gasteiger partial charge in [0.15, 0.2) is 0 Å². The van der Waals surface area contributed by atoms with E-state index in [1.165, 1.54) is 11.1 Å². The Balaban J connectivity index is 2.61. The third-order valence-electron chi connectivity index (χ3n) is 2.22. The molecule has 0 aliphatic heterocycles. The van der Waals surface area contributed by atoms with Crippen molar-refractivity contribution >= 4 is 12.6 Å². The standard InChI is InChI=1S/C12H11NS/c1-9-5-2-3-6-10(9)11-7-4-8-13-12(11)14/h2-8H,1H3,(H,13,14). The van der Waals surface area contributed by atoms with E-state index in [9.17, 15) is 0 Å². The number of thiol groups is 1. The monoisotopic (exact) mass is 201 g/mol. The van der Waals surface area contributed by atoms with Crippen molar-refractivity contribution in [2.24, 2.45) is 0 Å². The van der Waals surface area contributed by atoms with Crippen molar-refractivity contribution in [3.8, 4) is 11.1 Å². The summed E-state index contributed by atoms with van der Waals surface area (Å²) in [6.07, 6.45) is 1.75. The Morgan fingerprint density at radius 3 is 2.43 bits per heavy atom. The predicted molar refractivity (Wildman–Crippen MR) is 61.7 cm³/mol. The fraction of sp³-hybridized carbons (Fsp3) is 0.0833. The molecule has 14 heavy (non-hydrogen) atoms. The highest BCUT2D eigenvalue weighted by Gasteiger charge is 2.03. The zero-order chi connectivity index (χ0) is 9.97. The van der Waals surface area contributed by atoms with E-state index in [1.54, 1.807) is 6.20 Å². The quantitative estimate of drug-likeness (QED) is 0.698. The Morgan fingerprint density at radius 1 is 1.00 bits per heavy atom. The molecular weight excluding hydrogens is 190 g/mol. The van der Waals surface area contributed by atoms with Gasteiger partial charge in [-0.05, 0) is 24.1 Å². The molecule has 0 aliphatic rings. The van der Waals surface area contributed by atoms with E-state index in [-0.39, 0.29) is 0 Å². The highest BCUT2D eigenvalue weighted by atomic mass is 32.1. The van der Waals surface area contributed by atoms with Crippen LogP contribution in [0, 0.1) is 6.92 Å². The Morgan fingerprint density at radius 2 is 1.71 bits per heavy atom. The van der Waals surface area contributed by atoms with E-state index in [1.807, 2.05) is 24.3 Å². The summed E-state index contributed by atoms with van der Waals surface area (Å²) >= 11 is 4.35. The van der Waals surface area contributed by atoms with Gasteiger partial charge in [-0.3, -0.25) is 0 Å². The molecule has 2 aromatic rings. The summed E-state index contributed by atoms with van der Waals surface area (Å²) in [6, 6.07) is 12.2. The predicted octanol–water partition coefficient (Wildman–Crippen LogP) is 3.35. The third-order valence-corrected chi connectivity index (χ3v) is 2.58. The van der Waals surface area contributed by atoms with Crippen LogP contribution in [0.2, 0.25) is 0 Å². The lowest BCUT2D eigenvalue weighted by atomic mass is 10.0. The van der Waals surface area contributed by atoms with Gasteiger partial charge in [0.1, 0.15) is 5.03 Å². The number of aryl methyl sites for hydroxylation is 1. The molecule has 1 aromatic carbocycles. The van der Waals surface area contributed by atoms with Gasteiger partial charge in [-0.1, -0.05) is 30.3 Å². The van der Waals surface area contributed by atoms with Gasteiger partial charge in [-0.25, -0.2) is 4.98 Å². The molecule has 0 spiro atoms. The molecular formula is C12H11NS. The second-order valence-corrected chi connectivity index (χ2v) is 3.61. The normalized spacial score (nSPS) is 10.1. The van der Waals surface area contributed by atoms with Crippen molar-refractivity contribution in [1.82, 2.24) is 4.98 Å². The molecule has 0 saturated carbocycles. The van der Waals surface area contributed by atoms with Gasteiger partial charge in [0.05, 0.1) is 0 Å². The van der Waals surface area contributed by atoms with Crippen molar-refractivity contribution in [2.45, 2.75) is 11.9 Å². The van der Waals surface area contributed by atoms with Crippen LogP contribution in [-0.4, -0.2) is 4.98 Å². The number of aromatic nitrogens is 1. The molecule has 1 aromatic heterocycles. The zero-order valence-corrected chi connectivity index (χ0v) is 8.83. The van der Waals surface area contributed by atoms with Gasteiger partial charge < -0.3 is 0 Å². The van der Waals surface area contributed by atoms with Crippen molar-refractivity contribution in [1.29, 1.82) is 0 Å². The van der Waals surface area contributed by atoms with Crippen LogP contribution in [0.4, 0.5) is 0 Å². The van der Waals surface area contributed by atoms with Crippen molar-refractivity contribution < 1.29 is 0 Å². The maximum Gasteiger partial charge on any atom is 0.101 e. The number of benzene rings is 1. The van der Waals surface area contributed by atoms with E-state index in [2.05, 4.69) is 36.7 Å². The van der Waals surface area contributed by atoms with E-state index in [0.29, 0.717) is 0 Å². The molecule has 0 radical (unpaired) electrons.